The van der Waals surface area contributed by atoms with Crippen LogP contribution in [0.3, 0.4) is 0 Å². The maximum atomic E-state index is 5.61. The van der Waals surface area contributed by atoms with Gasteiger partial charge in [-0.2, -0.15) is 0 Å². The summed E-state index contributed by atoms with van der Waals surface area (Å²) in [6.45, 7) is 6.89. The van der Waals surface area contributed by atoms with Crippen molar-refractivity contribution in [3.63, 3.8) is 0 Å². The molecule has 3 heteroatoms. The number of hydrogen-bond donors (Lipinski definition) is 2. The van der Waals surface area contributed by atoms with Crippen LogP contribution in [-0.4, -0.2) is 26.3 Å². The van der Waals surface area contributed by atoms with Crippen molar-refractivity contribution in [1.29, 1.82) is 0 Å². The number of nitrogens with one attached hydrogen (secondary N) is 2. The second-order valence-corrected chi connectivity index (χ2v) is 5.14. The van der Waals surface area contributed by atoms with E-state index in [0.717, 1.165) is 45.7 Å². The summed E-state index contributed by atoms with van der Waals surface area (Å²) in [5.41, 5.74) is 2.87. The van der Waals surface area contributed by atoms with Gasteiger partial charge in [-0.1, -0.05) is 37.6 Å². The minimum Gasteiger partial charge on any atom is -0.380 e. The average molecular weight is 262 g/mol. The third-order valence-corrected chi connectivity index (χ3v) is 3.64. The largest absolute Gasteiger partial charge is 0.380 e. The van der Waals surface area contributed by atoms with Crippen LogP contribution in [0.15, 0.2) is 24.3 Å². The Morgan fingerprint density at radius 3 is 3.11 bits per heavy atom. The van der Waals surface area contributed by atoms with Gasteiger partial charge in [-0.3, -0.25) is 0 Å². The fraction of sp³-hybridized carbons (Fsp3) is 0.625. The van der Waals surface area contributed by atoms with E-state index in [0.29, 0.717) is 6.04 Å². The Labute approximate surface area is 116 Å². The number of unbranched alkanes of at least 4 members (excludes halogenated alkanes) is 1. The van der Waals surface area contributed by atoms with Crippen LogP contribution < -0.4 is 10.6 Å². The molecule has 0 spiro atoms. The lowest BCUT2D eigenvalue weighted by atomic mass is 9.99. The van der Waals surface area contributed by atoms with E-state index in [1.54, 1.807) is 0 Å². The molecule has 0 aliphatic carbocycles. The van der Waals surface area contributed by atoms with Crippen molar-refractivity contribution in [3.05, 3.63) is 35.4 Å². The molecule has 0 aromatic heterocycles. The van der Waals surface area contributed by atoms with Crippen molar-refractivity contribution in [1.82, 2.24) is 10.6 Å². The van der Waals surface area contributed by atoms with Crippen LogP contribution in [0, 0.1) is 0 Å². The molecule has 19 heavy (non-hydrogen) atoms. The smallest absolute Gasteiger partial charge is 0.0591 e. The zero-order valence-electron chi connectivity index (χ0n) is 12.0. The second kappa shape index (κ2) is 8.31. The number of hydrogen-bond acceptors (Lipinski definition) is 3. The Morgan fingerprint density at radius 2 is 2.21 bits per heavy atom. The van der Waals surface area contributed by atoms with Crippen molar-refractivity contribution in [2.45, 2.75) is 38.8 Å². The molecule has 0 amide bonds. The molecule has 1 unspecified atom stereocenters. The van der Waals surface area contributed by atoms with E-state index in [1.807, 2.05) is 0 Å². The SMILES string of the molecule is CCCCOCCNC1CCNCc2ccccc21. The Morgan fingerprint density at radius 1 is 1.32 bits per heavy atom. The first-order chi connectivity index (χ1) is 9.42. The van der Waals surface area contributed by atoms with Gasteiger partial charge in [0.05, 0.1) is 6.61 Å². The van der Waals surface area contributed by atoms with Gasteiger partial charge in [0.25, 0.3) is 0 Å². The Balaban J connectivity index is 1.79. The summed E-state index contributed by atoms with van der Waals surface area (Å²) < 4.78 is 5.61. The molecule has 0 bridgehead atoms. The van der Waals surface area contributed by atoms with Crippen LogP contribution in [0.5, 0.6) is 0 Å². The van der Waals surface area contributed by atoms with E-state index in [1.165, 1.54) is 17.5 Å². The molecule has 1 heterocycles. The van der Waals surface area contributed by atoms with Gasteiger partial charge in [0, 0.05) is 25.7 Å². The highest BCUT2D eigenvalue weighted by Crippen LogP contribution is 2.23. The predicted molar refractivity (Wildman–Crippen MR) is 79.2 cm³/mol. The van der Waals surface area contributed by atoms with E-state index < -0.39 is 0 Å². The molecule has 0 saturated carbocycles. The molecule has 3 nitrogen and oxygen atoms in total. The molecule has 2 rings (SSSR count). The number of fused-ring (bicyclic) bond motifs is 1. The summed E-state index contributed by atoms with van der Waals surface area (Å²) in [6.07, 6.45) is 3.51. The standard InChI is InChI=1S/C16H26N2O/c1-2-3-11-19-12-10-18-16-8-9-17-13-14-6-4-5-7-15(14)16/h4-7,16-18H,2-3,8-13H2,1H3. The first kappa shape index (κ1) is 14.5. The van der Waals surface area contributed by atoms with Crippen LogP contribution >= 0.6 is 0 Å². The van der Waals surface area contributed by atoms with Crippen molar-refractivity contribution in [2.75, 3.05) is 26.3 Å². The Hall–Kier alpha value is -0.900. The van der Waals surface area contributed by atoms with Crippen LogP contribution in [0.1, 0.15) is 43.4 Å². The minimum atomic E-state index is 0.459. The highest BCUT2D eigenvalue weighted by atomic mass is 16.5. The number of ether oxygens (including phenoxy) is 1. The maximum Gasteiger partial charge on any atom is 0.0591 e. The zero-order chi connectivity index (χ0) is 13.3. The molecule has 106 valence electrons. The van der Waals surface area contributed by atoms with Crippen molar-refractivity contribution >= 4 is 0 Å². The summed E-state index contributed by atoms with van der Waals surface area (Å²) >= 11 is 0. The average Bonchev–Trinajstić information content (AvgIpc) is 2.65. The van der Waals surface area contributed by atoms with Crippen molar-refractivity contribution in [3.8, 4) is 0 Å². The summed E-state index contributed by atoms with van der Waals surface area (Å²) in [5.74, 6) is 0. The highest BCUT2D eigenvalue weighted by Gasteiger charge is 2.16. The summed E-state index contributed by atoms with van der Waals surface area (Å²) in [4.78, 5) is 0. The van der Waals surface area contributed by atoms with Gasteiger partial charge in [-0.05, 0) is 30.5 Å². The Bertz CT molecular complexity index is 368. The number of rotatable bonds is 7. The van der Waals surface area contributed by atoms with Crippen molar-refractivity contribution in [2.24, 2.45) is 0 Å². The molecule has 1 aliphatic heterocycles. The van der Waals surface area contributed by atoms with E-state index >= 15 is 0 Å². The van der Waals surface area contributed by atoms with Crippen molar-refractivity contribution < 1.29 is 4.74 Å². The lowest BCUT2D eigenvalue weighted by Gasteiger charge is -2.19. The molecule has 1 atom stereocenters. The first-order valence-electron chi connectivity index (χ1n) is 7.51. The third kappa shape index (κ3) is 4.60. The normalized spacial score (nSPS) is 18.9. The fourth-order valence-corrected chi connectivity index (χ4v) is 2.53. The van der Waals surface area contributed by atoms with Gasteiger partial charge in [-0.15, -0.1) is 0 Å². The molecule has 1 aromatic carbocycles. The van der Waals surface area contributed by atoms with Crippen LogP contribution in [0.25, 0.3) is 0 Å². The molecule has 0 radical (unpaired) electrons. The molecule has 2 N–H and O–H groups in total. The van der Waals surface area contributed by atoms with Gasteiger partial charge in [0.15, 0.2) is 0 Å². The highest BCUT2D eigenvalue weighted by molar-refractivity contribution is 5.30. The van der Waals surface area contributed by atoms with E-state index in [2.05, 4.69) is 41.8 Å². The third-order valence-electron chi connectivity index (χ3n) is 3.64. The van der Waals surface area contributed by atoms with E-state index in [-0.39, 0.29) is 0 Å². The van der Waals surface area contributed by atoms with Gasteiger partial charge in [-0.25, -0.2) is 0 Å². The topological polar surface area (TPSA) is 33.3 Å². The van der Waals surface area contributed by atoms with Crippen LogP contribution in [0.4, 0.5) is 0 Å². The molecule has 1 aromatic rings. The quantitative estimate of drug-likeness (QED) is 0.741. The Kier molecular flexibility index (Phi) is 6.34. The second-order valence-electron chi connectivity index (χ2n) is 5.14. The first-order valence-corrected chi connectivity index (χ1v) is 7.51. The lowest BCUT2D eigenvalue weighted by molar-refractivity contribution is 0.130. The van der Waals surface area contributed by atoms with Crippen LogP contribution in [0.2, 0.25) is 0 Å². The van der Waals surface area contributed by atoms with Crippen LogP contribution in [-0.2, 0) is 11.3 Å². The lowest BCUT2D eigenvalue weighted by Crippen LogP contribution is -2.26. The summed E-state index contributed by atoms with van der Waals surface area (Å²) in [5, 5.41) is 7.11. The molecular weight excluding hydrogens is 236 g/mol. The van der Waals surface area contributed by atoms with E-state index in [4.69, 9.17) is 4.74 Å². The minimum absolute atomic E-state index is 0.459. The molecule has 0 saturated heterocycles. The predicted octanol–water partition coefficient (Wildman–Crippen LogP) is 2.63. The van der Waals surface area contributed by atoms with Gasteiger partial charge in [0.1, 0.15) is 0 Å². The maximum absolute atomic E-state index is 5.61. The number of benzene rings is 1. The van der Waals surface area contributed by atoms with Gasteiger partial charge in [0.2, 0.25) is 0 Å². The molecule has 0 fully saturated rings. The summed E-state index contributed by atoms with van der Waals surface area (Å²) in [7, 11) is 0. The molecule has 1 aliphatic rings. The van der Waals surface area contributed by atoms with E-state index in [9.17, 15) is 0 Å². The van der Waals surface area contributed by atoms with Gasteiger partial charge < -0.3 is 15.4 Å². The molecular formula is C16H26N2O. The monoisotopic (exact) mass is 262 g/mol. The zero-order valence-corrected chi connectivity index (χ0v) is 12.0. The fourth-order valence-electron chi connectivity index (χ4n) is 2.53. The summed E-state index contributed by atoms with van der Waals surface area (Å²) in [6, 6.07) is 9.19. The van der Waals surface area contributed by atoms with Gasteiger partial charge >= 0.3 is 0 Å².